The molecule has 1 aromatic heterocycles. The van der Waals surface area contributed by atoms with Gasteiger partial charge in [-0.1, -0.05) is 49.9 Å². The molecule has 24 heavy (non-hydrogen) atoms. The highest BCUT2D eigenvalue weighted by Crippen LogP contribution is 2.46. The van der Waals surface area contributed by atoms with Gasteiger partial charge >= 0.3 is 0 Å². The number of nitrogens with zero attached hydrogens (tertiary/aromatic N) is 2. The minimum absolute atomic E-state index is 0.119. The summed E-state index contributed by atoms with van der Waals surface area (Å²) in [6.07, 6.45) is 3.56. The lowest BCUT2D eigenvalue weighted by Gasteiger charge is -2.24. The van der Waals surface area contributed by atoms with Crippen molar-refractivity contribution in [3.05, 3.63) is 66.0 Å². The molecule has 0 bridgehead atoms. The summed E-state index contributed by atoms with van der Waals surface area (Å²) in [6.45, 7) is 6.28. The first-order chi connectivity index (χ1) is 11.4. The van der Waals surface area contributed by atoms with E-state index in [4.69, 9.17) is 0 Å². The largest absolute Gasteiger partial charge is 0.347 e. The number of ketones is 1. The number of carbonyl (C=O) groups excluding carboxylic acids is 1. The lowest BCUT2D eigenvalue weighted by Crippen LogP contribution is -2.25. The minimum atomic E-state index is -0.170. The van der Waals surface area contributed by atoms with Crippen LogP contribution < -0.4 is 4.90 Å². The maximum absolute atomic E-state index is 12.7. The highest BCUT2D eigenvalue weighted by atomic mass is 32.2. The summed E-state index contributed by atoms with van der Waals surface area (Å²) in [5.41, 5.74) is 3.31. The number of rotatable bonds is 4. The van der Waals surface area contributed by atoms with Crippen molar-refractivity contribution in [2.45, 2.75) is 36.5 Å². The predicted molar refractivity (Wildman–Crippen MR) is 101 cm³/mol. The normalized spacial score (nSPS) is 18.5. The third-order valence-electron chi connectivity index (χ3n) is 4.56. The first kappa shape index (κ1) is 16.8. The van der Waals surface area contributed by atoms with E-state index in [2.05, 4.69) is 41.9 Å². The van der Waals surface area contributed by atoms with Crippen LogP contribution in [0.25, 0.3) is 0 Å². The van der Waals surface area contributed by atoms with Crippen molar-refractivity contribution in [1.82, 2.24) is 4.98 Å². The Morgan fingerprint density at radius 3 is 2.58 bits per heavy atom. The average Bonchev–Trinajstić information content (AvgIpc) is 2.77. The molecule has 0 amide bonds. The Labute approximate surface area is 147 Å². The van der Waals surface area contributed by atoms with Crippen LogP contribution in [0.1, 0.15) is 26.3 Å². The van der Waals surface area contributed by atoms with E-state index >= 15 is 0 Å². The molecule has 0 fully saturated rings. The number of hydrogen-bond acceptors (Lipinski definition) is 4. The van der Waals surface area contributed by atoms with E-state index in [9.17, 15) is 4.79 Å². The van der Waals surface area contributed by atoms with Gasteiger partial charge in [0.05, 0.1) is 10.3 Å². The fourth-order valence-electron chi connectivity index (χ4n) is 3.17. The van der Waals surface area contributed by atoms with Crippen molar-refractivity contribution in [2.24, 2.45) is 0 Å². The van der Waals surface area contributed by atoms with Gasteiger partial charge in [0.15, 0.2) is 5.78 Å². The number of fused-ring (bicyclic) bond motifs is 1. The number of carbonyl (C=O) groups is 1. The summed E-state index contributed by atoms with van der Waals surface area (Å²) in [5.74, 6) is 0.119. The van der Waals surface area contributed by atoms with Gasteiger partial charge in [0.25, 0.3) is 0 Å². The molecule has 1 aliphatic rings. The van der Waals surface area contributed by atoms with E-state index in [-0.39, 0.29) is 16.4 Å². The SMILES string of the molecule is C[C@H](Sc1ccccn1)C(=O)/C=C1\N(C)c2ccccc2C1(C)C. The molecule has 0 saturated carbocycles. The van der Waals surface area contributed by atoms with E-state index in [1.165, 1.54) is 23.0 Å². The molecule has 0 radical (unpaired) electrons. The molecule has 0 saturated heterocycles. The number of thioether (sulfide) groups is 1. The monoisotopic (exact) mass is 338 g/mol. The summed E-state index contributed by atoms with van der Waals surface area (Å²) >= 11 is 1.50. The van der Waals surface area contributed by atoms with Gasteiger partial charge in [-0.2, -0.15) is 0 Å². The number of likely N-dealkylation sites (N-methyl/N-ethyl adjacent to an activating group) is 1. The molecule has 1 aliphatic heterocycles. The van der Waals surface area contributed by atoms with E-state index in [0.717, 1.165) is 10.7 Å². The lowest BCUT2D eigenvalue weighted by molar-refractivity contribution is -0.113. The van der Waals surface area contributed by atoms with Crippen LogP contribution in [-0.2, 0) is 10.2 Å². The van der Waals surface area contributed by atoms with E-state index < -0.39 is 0 Å². The van der Waals surface area contributed by atoms with Crippen LogP contribution in [0.4, 0.5) is 5.69 Å². The van der Waals surface area contributed by atoms with Crippen LogP contribution >= 0.6 is 11.8 Å². The number of para-hydroxylation sites is 1. The second kappa shape index (κ2) is 6.44. The van der Waals surface area contributed by atoms with E-state index in [1.54, 1.807) is 12.3 Å². The van der Waals surface area contributed by atoms with Crippen molar-refractivity contribution >= 4 is 23.2 Å². The molecular formula is C20H22N2OS. The van der Waals surface area contributed by atoms with E-state index in [1.807, 2.05) is 38.2 Å². The second-order valence-corrected chi connectivity index (χ2v) is 7.92. The molecule has 4 heteroatoms. The molecule has 2 aromatic rings. The predicted octanol–water partition coefficient (Wildman–Crippen LogP) is 4.44. The van der Waals surface area contributed by atoms with Crippen molar-refractivity contribution in [2.75, 3.05) is 11.9 Å². The molecule has 1 atom stereocenters. The smallest absolute Gasteiger partial charge is 0.170 e. The van der Waals surface area contributed by atoms with Gasteiger partial charge in [-0.3, -0.25) is 4.79 Å². The van der Waals surface area contributed by atoms with Crippen LogP contribution in [0.2, 0.25) is 0 Å². The third kappa shape index (κ3) is 2.98. The molecular weight excluding hydrogens is 316 g/mol. The Bertz CT molecular complexity index is 783. The zero-order valence-corrected chi connectivity index (χ0v) is 15.3. The van der Waals surface area contributed by atoms with Crippen LogP contribution in [0.15, 0.2) is 65.5 Å². The molecule has 3 rings (SSSR count). The lowest BCUT2D eigenvalue weighted by atomic mass is 9.83. The topological polar surface area (TPSA) is 33.2 Å². The Hall–Kier alpha value is -2.07. The van der Waals surface area contributed by atoms with Gasteiger partial charge in [-0.25, -0.2) is 4.98 Å². The first-order valence-corrected chi connectivity index (χ1v) is 8.96. The molecule has 3 nitrogen and oxygen atoms in total. The fraction of sp³-hybridized carbons (Fsp3) is 0.300. The molecule has 1 aromatic carbocycles. The number of aromatic nitrogens is 1. The van der Waals surface area contributed by atoms with Gasteiger partial charge in [0.1, 0.15) is 0 Å². The highest BCUT2D eigenvalue weighted by molar-refractivity contribution is 8.00. The molecule has 0 aliphatic carbocycles. The summed E-state index contributed by atoms with van der Waals surface area (Å²) in [5, 5.41) is 0.708. The van der Waals surface area contributed by atoms with Crippen molar-refractivity contribution < 1.29 is 4.79 Å². The maximum Gasteiger partial charge on any atom is 0.170 e. The second-order valence-electron chi connectivity index (χ2n) is 6.56. The molecule has 0 N–H and O–H groups in total. The standard InChI is InChI=1S/C20H22N2OS/c1-14(24-19-11-7-8-12-21-19)17(23)13-18-20(2,3)15-9-5-6-10-16(15)22(18)4/h5-14H,1-4H3/b18-13-/t14-/m0/s1. The van der Waals surface area contributed by atoms with Crippen LogP contribution in [0.3, 0.4) is 0 Å². The number of anilines is 1. The average molecular weight is 338 g/mol. The summed E-state index contributed by atoms with van der Waals surface area (Å²) in [7, 11) is 2.03. The number of allylic oxidation sites excluding steroid dienone is 2. The Kier molecular flexibility index (Phi) is 4.50. The fourth-order valence-corrected chi connectivity index (χ4v) is 3.99. The highest BCUT2D eigenvalue weighted by Gasteiger charge is 2.38. The van der Waals surface area contributed by atoms with Crippen molar-refractivity contribution in [1.29, 1.82) is 0 Å². The van der Waals surface area contributed by atoms with Gasteiger partial charge < -0.3 is 4.90 Å². The third-order valence-corrected chi connectivity index (χ3v) is 5.62. The summed E-state index contributed by atoms with van der Waals surface area (Å²) in [4.78, 5) is 19.2. The van der Waals surface area contributed by atoms with Gasteiger partial charge in [-0.15, -0.1) is 0 Å². The Balaban J connectivity index is 1.84. The molecule has 0 spiro atoms. The zero-order valence-electron chi connectivity index (χ0n) is 14.5. The van der Waals surface area contributed by atoms with Gasteiger partial charge in [0, 0.05) is 36.1 Å². The first-order valence-electron chi connectivity index (χ1n) is 8.08. The Morgan fingerprint density at radius 1 is 1.21 bits per heavy atom. The van der Waals surface area contributed by atoms with Gasteiger partial charge in [0.2, 0.25) is 0 Å². The van der Waals surface area contributed by atoms with Crippen molar-refractivity contribution in [3.63, 3.8) is 0 Å². The Morgan fingerprint density at radius 2 is 1.92 bits per heavy atom. The summed E-state index contributed by atoms with van der Waals surface area (Å²) < 4.78 is 0. The number of pyridine rings is 1. The van der Waals surface area contributed by atoms with Crippen LogP contribution in [0, 0.1) is 0 Å². The van der Waals surface area contributed by atoms with Gasteiger partial charge in [-0.05, 0) is 30.7 Å². The molecule has 124 valence electrons. The van der Waals surface area contributed by atoms with Crippen LogP contribution in [0.5, 0.6) is 0 Å². The minimum Gasteiger partial charge on any atom is -0.347 e. The molecule has 0 unspecified atom stereocenters. The van der Waals surface area contributed by atoms with Crippen molar-refractivity contribution in [3.8, 4) is 0 Å². The quantitative estimate of drug-likeness (QED) is 0.609. The summed E-state index contributed by atoms with van der Waals surface area (Å²) in [6, 6.07) is 14.1. The van der Waals surface area contributed by atoms with E-state index in [0.29, 0.717) is 0 Å². The maximum atomic E-state index is 12.7. The zero-order chi connectivity index (χ0) is 17.3. The molecule has 2 heterocycles. The van der Waals surface area contributed by atoms with Crippen LogP contribution in [-0.4, -0.2) is 23.1 Å². The number of benzene rings is 1. The number of hydrogen-bond donors (Lipinski definition) is 0.